The lowest BCUT2D eigenvalue weighted by molar-refractivity contribution is -0.0498. The van der Waals surface area contributed by atoms with Crippen LogP contribution >= 0.6 is 34.8 Å². The van der Waals surface area contributed by atoms with Gasteiger partial charge in [-0.05, 0) is 17.7 Å². The summed E-state index contributed by atoms with van der Waals surface area (Å²) >= 11 is 17.4. The molecule has 5 nitrogen and oxygen atoms in total. The number of aromatic nitrogens is 1. The van der Waals surface area contributed by atoms with E-state index in [1.54, 1.807) is 0 Å². The van der Waals surface area contributed by atoms with Crippen molar-refractivity contribution in [1.29, 1.82) is 0 Å². The van der Waals surface area contributed by atoms with Gasteiger partial charge in [-0.3, -0.25) is 0 Å². The van der Waals surface area contributed by atoms with Crippen molar-refractivity contribution in [1.82, 2.24) is 4.98 Å². The van der Waals surface area contributed by atoms with Gasteiger partial charge in [0.25, 0.3) is 0 Å². The third kappa shape index (κ3) is 4.37. The number of benzene rings is 1. The fourth-order valence-electron chi connectivity index (χ4n) is 1.65. The lowest BCUT2D eigenvalue weighted by Gasteiger charge is -2.10. The lowest BCUT2D eigenvalue weighted by atomic mass is 10.2. The van der Waals surface area contributed by atoms with Crippen LogP contribution in [0.3, 0.4) is 0 Å². The maximum Gasteiger partial charge on any atom is 0.387 e. The molecule has 0 aliphatic heterocycles. The average Bonchev–Trinajstić information content (AvgIpc) is 2.54. The molecule has 0 bridgehead atoms. The van der Waals surface area contributed by atoms with Crippen LogP contribution in [0.2, 0.25) is 15.2 Å². The van der Waals surface area contributed by atoms with E-state index in [0.717, 1.165) is 0 Å². The molecule has 0 saturated heterocycles. The summed E-state index contributed by atoms with van der Waals surface area (Å²) in [7, 11) is 0. The molecule has 2 N–H and O–H groups in total. The fourth-order valence-corrected chi connectivity index (χ4v) is 2.24. The number of nitrogens with zero attached hydrogens (tertiary/aromatic N) is 1. The standard InChI is InChI=1S/C14H9Cl3F2N2O3/c15-8-10(20)9(16)12(17)21-11(8)13(22)23-5-6-1-3-7(4-2-6)24-14(18)19/h1-4,14H,5H2,(H2,20,21). The second-order valence-corrected chi connectivity index (χ2v) is 5.51. The number of ether oxygens (including phenoxy) is 2. The number of carbonyl (C=O) groups is 1. The number of pyridine rings is 1. The summed E-state index contributed by atoms with van der Waals surface area (Å²) in [6.45, 7) is -3.06. The maximum atomic E-state index is 12.1. The number of nitrogen functional groups attached to an aromatic ring is 1. The fraction of sp³-hybridized carbons (Fsp3) is 0.143. The van der Waals surface area contributed by atoms with E-state index in [4.69, 9.17) is 45.3 Å². The number of rotatable bonds is 5. The molecule has 2 aromatic rings. The van der Waals surface area contributed by atoms with Crippen LogP contribution in [0.5, 0.6) is 5.75 Å². The second kappa shape index (κ2) is 7.83. The van der Waals surface area contributed by atoms with Gasteiger partial charge >= 0.3 is 12.6 Å². The molecule has 0 spiro atoms. The number of esters is 1. The summed E-state index contributed by atoms with van der Waals surface area (Å²) in [5.74, 6) is -0.875. The van der Waals surface area contributed by atoms with Crippen molar-refractivity contribution in [3.05, 3.63) is 50.7 Å². The molecule has 0 fully saturated rings. The summed E-state index contributed by atoms with van der Waals surface area (Å²) in [5.41, 5.74) is 5.79. The Kier molecular flexibility index (Phi) is 6.04. The largest absolute Gasteiger partial charge is 0.456 e. The Morgan fingerprint density at radius 3 is 2.38 bits per heavy atom. The molecule has 1 aromatic carbocycles. The van der Waals surface area contributed by atoms with Crippen molar-refractivity contribution in [2.75, 3.05) is 5.73 Å². The minimum atomic E-state index is -2.91. The molecule has 0 saturated carbocycles. The lowest BCUT2D eigenvalue weighted by Crippen LogP contribution is -2.10. The van der Waals surface area contributed by atoms with Gasteiger partial charge in [-0.1, -0.05) is 46.9 Å². The number of carbonyl (C=O) groups excluding carboxylic acids is 1. The Morgan fingerprint density at radius 2 is 1.79 bits per heavy atom. The predicted octanol–water partition coefficient (Wildman–Crippen LogP) is 4.58. The number of anilines is 1. The highest BCUT2D eigenvalue weighted by molar-refractivity contribution is 6.46. The number of alkyl halides is 2. The van der Waals surface area contributed by atoms with Crippen molar-refractivity contribution in [3.63, 3.8) is 0 Å². The number of hydrogen-bond donors (Lipinski definition) is 1. The molecule has 0 radical (unpaired) electrons. The van der Waals surface area contributed by atoms with Gasteiger partial charge in [0.05, 0.1) is 10.7 Å². The van der Waals surface area contributed by atoms with E-state index in [0.29, 0.717) is 5.56 Å². The van der Waals surface area contributed by atoms with E-state index in [1.165, 1.54) is 24.3 Å². The molecule has 24 heavy (non-hydrogen) atoms. The van der Waals surface area contributed by atoms with E-state index in [2.05, 4.69) is 9.72 Å². The van der Waals surface area contributed by atoms with Gasteiger partial charge in [0.15, 0.2) is 10.8 Å². The molecular weight excluding hydrogens is 389 g/mol. The average molecular weight is 398 g/mol. The van der Waals surface area contributed by atoms with Crippen molar-refractivity contribution >= 4 is 46.5 Å². The van der Waals surface area contributed by atoms with Gasteiger partial charge < -0.3 is 15.2 Å². The second-order valence-electron chi connectivity index (χ2n) is 4.39. The molecule has 1 heterocycles. The Morgan fingerprint density at radius 1 is 1.17 bits per heavy atom. The molecule has 0 aliphatic rings. The molecule has 128 valence electrons. The van der Waals surface area contributed by atoms with Gasteiger partial charge in [0.1, 0.15) is 17.4 Å². The minimum Gasteiger partial charge on any atom is -0.456 e. The Balaban J connectivity index is 2.06. The van der Waals surface area contributed by atoms with E-state index in [1.807, 2.05) is 0 Å². The van der Waals surface area contributed by atoms with Gasteiger partial charge in [-0.2, -0.15) is 8.78 Å². The molecule has 0 atom stereocenters. The van der Waals surface area contributed by atoms with Gasteiger partial charge in [-0.25, -0.2) is 9.78 Å². The van der Waals surface area contributed by atoms with Gasteiger partial charge in [0, 0.05) is 0 Å². The number of hydrogen-bond acceptors (Lipinski definition) is 5. The molecule has 2 rings (SSSR count). The normalized spacial score (nSPS) is 10.8. The SMILES string of the molecule is Nc1c(Cl)c(Cl)nc(C(=O)OCc2ccc(OC(F)F)cc2)c1Cl. The van der Waals surface area contributed by atoms with Crippen LogP contribution in [0.25, 0.3) is 0 Å². The van der Waals surface area contributed by atoms with Crippen LogP contribution in [0.4, 0.5) is 14.5 Å². The summed E-state index contributed by atoms with van der Waals surface area (Å²) in [5, 5.41) is -0.415. The predicted molar refractivity (Wildman–Crippen MR) is 85.9 cm³/mol. The zero-order valence-corrected chi connectivity index (χ0v) is 14.0. The zero-order valence-electron chi connectivity index (χ0n) is 11.7. The van der Waals surface area contributed by atoms with Crippen molar-refractivity contribution < 1.29 is 23.0 Å². The molecule has 0 aliphatic carbocycles. The molecule has 0 amide bonds. The van der Waals surface area contributed by atoms with E-state index >= 15 is 0 Å². The summed E-state index contributed by atoms with van der Waals surface area (Å²) in [6, 6.07) is 5.56. The maximum absolute atomic E-state index is 12.1. The molecular formula is C14H9Cl3F2N2O3. The first-order chi connectivity index (χ1) is 11.3. The highest BCUT2D eigenvalue weighted by Crippen LogP contribution is 2.34. The van der Waals surface area contributed by atoms with Crippen molar-refractivity contribution in [3.8, 4) is 5.75 Å². The minimum absolute atomic E-state index is 0.0120. The first-order valence-electron chi connectivity index (χ1n) is 6.30. The highest BCUT2D eigenvalue weighted by atomic mass is 35.5. The van der Waals surface area contributed by atoms with Crippen LogP contribution in [0.1, 0.15) is 16.1 Å². The third-order valence-electron chi connectivity index (χ3n) is 2.78. The van der Waals surface area contributed by atoms with Crippen LogP contribution in [-0.4, -0.2) is 17.6 Å². The van der Waals surface area contributed by atoms with E-state index in [9.17, 15) is 13.6 Å². The van der Waals surface area contributed by atoms with E-state index in [-0.39, 0.29) is 38.9 Å². The monoisotopic (exact) mass is 396 g/mol. The summed E-state index contributed by atoms with van der Waals surface area (Å²) in [4.78, 5) is 15.8. The Labute approximate surface area is 150 Å². The van der Waals surface area contributed by atoms with Crippen LogP contribution in [0.15, 0.2) is 24.3 Å². The number of halogens is 5. The highest BCUT2D eigenvalue weighted by Gasteiger charge is 2.21. The Hall–Kier alpha value is -1.83. The smallest absolute Gasteiger partial charge is 0.387 e. The zero-order chi connectivity index (χ0) is 17.9. The van der Waals surface area contributed by atoms with Crippen molar-refractivity contribution in [2.45, 2.75) is 13.2 Å². The first-order valence-corrected chi connectivity index (χ1v) is 7.43. The number of nitrogens with two attached hydrogens (primary N) is 1. The first kappa shape index (κ1) is 18.5. The van der Waals surface area contributed by atoms with Crippen LogP contribution < -0.4 is 10.5 Å². The van der Waals surface area contributed by atoms with Crippen molar-refractivity contribution in [2.24, 2.45) is 0 Å². The van der Waals surface area contributed by atoms with Crippen LogP contribution in [0, 0.1) is 0 Å². The van der Waals surface area contributed by atoms with Gasteiger partial charge in [0.2, 0.25) is 0 Å². The van der Waals surface area contributed by atoms with Crippen LogP contribution in [-0.2, 0) is 11.3 Å². The third-order valence-corrected chi connectivity index (χ3v) is 3.92. The quantitative estimate of drug-likeness (QED) is 0.590. The summed E-state index contributed by atoms with van der Waals surface area (Å²) < 4.78 is 33.3. The molecule has 1 aromatic heterocycles. The molecule has 10 heteroatoms. The molecule has 0 unspecified atom stereocenters. The Bertz CT molecular complexity index is 758. The van der Waals surface area contributed by atoms with Gasteiger partial charge in [-0.15, -0.1) is 0 Å². The topological polar surface area (TPSA) is 74.4 Å². The summed E-state index contributed by atoms with van der Waals surface area (Å²) in [6.07, 6.45) is 0. The van der Waals surface area contributed by atoms with E-state index < -0.39 is 12.6 Å².